The molecule has 29 heavy (non-hydrogen) atoms. The van der Waals surface area contributed by atoms with Crippen LogP contribution >= 0.6 is 0 Å². The van der Waals surface area contributed by atoms with Crippen molar-refractivity contribution in [1.82, 2.24) is 14.5 Å². The maximum atomic E-state index is 12.6. The van der Waals surface area contributed by atoms with Crippen LogP contribution in [0.25, 0.3) is 0 Å². The maximum Gasteiger partial charge on any atom is 0.269 e. The molecule has 0 aromatic heterocycles. The Morgan fingerprint density at radius 3 is 2.14 bits per heavy atom. The van der Waals surface area contributed by atoms with Gasteiger partial charge in [0.05, 0.1) is 9.82 Å². The summed E-state index contributed by atoms with van der Waals surface area (Å²) in [5.41, 5.74) is -0.110. The minimum atomic E-state index is -3.65. The summed E-state index contributed by atoms with van der Waals surface area (Å²) in [7, 11) is -3.65. The molecule has 2 aliphatic carbocycles. The van der Waals surface area contributed by atoms with Gasteiger partial charge in [-0.3, -0.25) is 15.0 Å². The van der Waals surface area contributed by atoms with Crippen LogP contribution < -0.4 is 4.72 Å². The summed E-state index contributed by atoms with van der Waals surface area (Å²) in [6, 6.07) is 5.55. The lowest BCUT2D eigenvalue weighted by Crippen LogP contribution is -2.52. The molecule has 8 nitrogen and oxygen atoms in total. The van der Waals surface area contributed by atoms with Gasteiger partial charge in [-0.15, -0.1) is 0 Å². The molecule has 3 aliphatic rings. The fourth-order valence-corrected chi connectivity index (χ4v) is 5.87. The van der Waals surface area contributed by atoms with Crippen LogP contribution in [0.5, 0.6) is 0 Å². The summed E-state index contributed by atoms with van der Waals surface area (Å²) in [4.78, 5) is 15.5. The normalized spacial score (nSPS) is 27.0. The molecule has 0 unspecified atom stereocenters. The molecule has 1 heterocycles. The molecule has 1 aliphatic heterocycles. The van der Waals surface area contributed by atoms with E-state index in [-0.39, 0.29) is 16.6 Å². The highest BCUT2D eigenvalue weighted by molar-refractivity contribution is 7.89. The smallest absolute Gasteiger partial charge is 0.269 e. The standard InChI is InChI=1S/C20H30N4O4S/c25-24(26)19-7-9-20(10-8-19)29(27,28)21-17-3-5-18(6-4-17)23-13-11-22(12-14-23)15-16-1-2-16/h7-10,16-18,21H,1-6,11-15H2. The molecule has 1 saturated heterocycles. The number of benzene rings is 1. The highest BCUT2D eigenvalue weighted by Gasteiger charge is 2.32. The molecule has 160 valence electrons. The first-order chi connectivity index (χ1) is 13.9. The monoisotopic (exact) mass is 422 g/mol. The van der Waals surface area contributed by atoms with Crippen molar-refractivity contribution >= 4 is 15.7 Å². The van der Waals surface area contributed by atoms with Crippen molar-refractivity contribution in [1.29, 1.82) is 0 Å². The molecule has 3 fully saturated rings. The van der Waals surface area contributed by atoms with Crippen LogP contribution in [0, 0.1) is 16.0 Å². The fourth-order valence-electron chi connectivity index (χ4n) is 4.57. The third-order valence-corrected chi connectivity index (χ3v) is 8.05. The van der Waals surface area contributed by atoms with Crippen LogP contribution in [-0.2, 0) is 10.0 Å². The van der Waals surface area contributed by atoms with Gasteiger partial charge in [-0.25, -0.2) is 13.1 Å². The zero-order valence-electron chi connectivity index (χ0n) is 16.7. The second kappa shape index (κ2) is 8.67. The molecule has 9 heteroatoms. The molecule has 2 saturated carbocycles. The summed E-state index contributed by atoms with van der Waals surface area (Å²) >= 11 is 0. The zero-order valence-corrected chi connectivity index (χ0v) is 17.5. The molecular formula is C20H30N4O4S. The van der Waals surface area contributed by atoms with Gasteiger partial charge in [-0.05, 0) is 56.6 Å². The molecule has 1 aromatic carbocycles. The van der Waals surface area contributed by atoms with Crippen molar-refractivity contribution in [3.63, 3.8) is 0 Å². The molecule has 0 spiro atoms. The number of nitrogens with one attached hydrogen (secondary N) is 1. The number of hydrogen-bond donors (Lipinski definition) is 1. The van der Waals surface area contributed by atoms with Crippen LogP contribution in [-0.4, -0.2) is 67.9 Å². The second-order valence-electron chi connectivity index (χ2n) is 8.66. The van der Waals surface area contributed by atoms with Crippen molar-refractivity contribution in [2.45, 2.75) is 55.5 Å². The first-order valence-corrected chi connectivity index (χ1v) is 12.1. The lowest BCUT2D eigenvalue weighted by atomic mass is 9.90. The lowest BCUT2D eigenvalue weighted by molar-refractivity contribution is -0.384. The van der Waals surface area contributed by atoms with Crippen LogP contribution in [0.4, 0.5) is 5.69 Å². The summed E-state index contributed by atoms with van der Waals surface area (Å²) in [5, 5.41) is 10.7. The highest BCUT2D eigenvalue weighted by Crippen LogP contribution is 2.31. The Labute approximate surface area is 172 Å². The molecular weight excluding hydrogens is 392 g/mol. The predicted molar refractivity (Wildman–Crippen MR) is 110 cm³/mol. The quantitative estimate of drug-likeness (QED) is 0.535. The number of nitro groups is 1. The van der Waals surface area contributed by atoms with Gasteiger partial charge in [0.25, 0.3) is 5.69 Å². The van der Waals surface area contributed by atoms with Crippen molar-refractivity contribution in [2.75, 3.05) is 32.7 Å². The number of nitro benzene ring substituents is 1. The van der Waals surface area contributed by atoms with E-state index < -0.39 is 14.9 Å². The predicted octanol–water partition coefficient (Wildman–Crippen LogP) is 2.21. The average molecular weight is 423 g/mol. The SMILES string of the molecule is O=[N+]([O-])c1ccc(S(=O)(=O)NC2CCC(N3CCN(CC4CC4)CC3)CC2)cc1. The van der Waals surface area contributed by atoms with E-state index in [2.05, 4.69) is 14.5 Å². The third-order valence-electron chi connectivity index (χ3n) is 6.51. The number of sulfonamides is 1. The second-order valence-corrected chi connectivity index (χ2v) is 10.4. The number of non-ortho nitro benzene ring substituents is 1. The Morgan fingerprint density at radius 1 is 0.966 bits per heavy atom. The number of piperazine rings is 1. The van der Waals surface area contributed by atoms with Gasteiger partial charge in [0.15, 0.2) is 0 Å². The summed E-state index contributed by atoms with van der Waals surface area (Å²) in [6.07, 6.45) is 6.49. The van der Waals surface area contributed by atoms with Crippen molar-refractivity contribution in [3.8, 4) is 0 Å². The summed E-state index contributed by atoms with van der Waals surface area (Å²) < 4.78 is 28.0. The van der Waals surface area contributed by atoms with Crippen molar-refractivity contribution in [3.05, 3.63) is 34.4 Å². The lowest BCUT2D eigenvalue weighted by Gasteiger charge is -2.42. The van der Waals surface area contributed by atoms with E-state index in [1.165, 1.54) is 43.7 Å². The largest absolute Gasteiger partial charge is 0.301 e. The molecule has 0 atom stereocenters. The van der Waals surface area contributed by atoms with Crippen molar-refractivity contribution in [2.24, 2.45) is 5.92 Å². The Hall–Kier alpha value is -1.55. The first kappa shape index (κ1) is 20.7. The van der Waals surface area contributed by atoms with E-state index in [4.69, 9.17) is 0 Å². The van der Waals surface area contributed by atoms with Gasteiger partial charge < -0.3 is 4.90 Å². The van der Waals surface area contributed by atoms with Crippen molar-refractivity contribution < 1.29 is 13.3 Å². The number of rotatable bonds is 7. The minimum absolute atomic E-state index is 0.0670. The Bertz CT molecular complexity index is 809. The number of hydrogen-bond acceptors (Lipinski definition) is 6. The van der Waals surface area contributed by atoms with Gasteiger partial charge in [-0.2, -0.15) is 0 Å². The van der Waals surface area contributed by atoms with E-state index in [0.717, 1.165) is 57.8 Å². The van der Waals surface area contributed by atoms with E-state index in [1.54, 1.807) is 0 Å². The van der Waals surface area contributed by atoms with Crippen LogP contribution in [0.1, 0.15) is 38.5 Å². The molecule has 1 N–H and O–H groups in total. The van der Waals surface area contributed by atoms with Crippen LogP contribution in [0.15, 0.2) is 29.2 Å². The topological polar surface area (TPSA) is 95.8 Å². The molecule has 4 rings (SSSR count). The molecule has 0 amide bonds. The maximum absolute atomic E-state index is 12.6. The zero-order chi connectivity index (χ0) is 20.4. The average Bonchev–Trinajstić information content (AvgIpc) is 3.53. The van der Waals surface area contributed by atoms with E-state index >= 15 is 0 Å². The van der Waals surface area contributed by atoms with Gasteiger partial charge >= 0.3 is 0 Å². The number of nitrogens with zero attached hydrogens (tertiary/aromatic N) is 3. The Balaban J connectivity index is 1.24. The van der Waals surface area contributed by atoms with Gasteiger partial charge in [0, 0.05) is 56.9 Å². The van der Waals surface area contributed by atoms with Crippen LogP contribution in [0.3, 0.4) is 0 Å². The summed E-state index contributed by atoms with van der Waals surface area (Å²) in [6.45, 7) is 5.82. The Kier molecular flexibility index (Phi) is 6.19. The minimum Gasteiger partial charge on any atom is -0.301 e. The molecule has 0 radical (unpaired) electrons. The fraction of sp³-hybridized carbons (Fsp3) is 0.700. The highest BCUT2D eigenvalue weighted by atomic mass is 32.2. The van der Waals surface area contributed by atoms with E-state index in [9.17, 15) is 18.5 Å². The van der Waals surface area contributed by atoms with Gasteiger partial charge in [-0.1, -0.05) is 0 Å². The summed E-state index contributed by atoms with van der Waals surface area (Å²) in [5.74, 6) is 0.945. The third kappa shape index (κ3) is 5.33. The van der Waals surface area contributed by atoms with Gasteiger partial charge in [0.1, 0.15) is 0 Å². The molecule has 0 bridgehead atoms. The van der Waals surface area contributed by atoms with Crippen LogP contribution in [0.2, 0.25) is 0 Å². The molecule has 1 aromatic rings. The van der Waals surface area contributed by atoms with Gasteiger partial charge in [0.2, 0.25) is 10.0 Å². The van der Waals surface area contributed by atoms with E-state index in [0.29, 0.717) is 6.04 Å². The first-order valence-electron chi connectivity index (χ1n) is 10.6. The van der Waals surface area contributed by atoms with E-state index in [1.807, 2.05) is 0 Å². The Morgan fingerprint density at radius 2 is 1.59 bits per heavy atom.